The van der Waals surface area contributed by atoms with Gasteiger partial charge >= 0.3 is 38.8 Å². The quantitative estimate of drug-likeness (QED) is 0.119. The second-order valence-electron chi connectivity index (χ2n) is 10.3. The molecule has 0 atom stereocenters. The SMILES string of the molecule is C=CB1OB(C=C)O[B-](C=C)([n+]2ccccc2)O1.C=Cc1cnccc1C(=O)OC.CCc1cnccc1C(=O)OC.COC(=O)c1ccncc1Br. The number of hydrogen-bond donors (Lipinski definition) is 0. The summed E-state index contributed by atoms with van der Waals surface area (Å²) in [6.45, 7) is 14.8. The number of rotatable bonds is 9. The van der Waals surface area contributed by atoms with Crippen LogP contribution in [0.2, 0.25) is 0 Å². The lowest BCUT2D eigenvalue weighted by Crippen LogP contribution is -2.73. The van der Waals surface area contributed by atoms with Gasteiger partial charge in [0.25, 0.3) is 0 Å². The van der Waals surface area contributed by atoms with E-state index in [1.807, 2.05) is 42.0 Å². The van der Waals surface area contributed by atoms with Crippen LogP contribution in [0.5, 0.6) is 0 Å². The van der Waals surface area contributed by atoms with Crippen LogP contribution in [0, 0.1) is 0 Å². The highest BCUT2D eigenvalue weighted by atomic mass is 79.9. The van der Waals surface area contributed by atoms with E-state index >= 15 is 0 Å². The third-order valence-corrected chi connectivity index (χ3v) is 7.74. The molecule has 0 amide bonds. The largest absolute Gasteiger partial charge is 0.544 e. The van der Waals surface area contributed by atoms with E-state index in [0.717, 1.165) is 12.0 Å². The lowest BCUT2D eigenvalue weighted by atomic mass is 9.61. The maximum atomic E-state index is 11.1. The first-order valence-corrected chi connectivity index (χ1v) is 16.7. The Morgan fingerprint density at radius 2 is 1.26 bits per heavy atom. The lowest BCUT2D eigenvalue weighted by molar-refractivity contribution is -0.569. The highest BCUT2D eigenvalue weighted by molar-refractivity contribution is 9.10. The first-order valence-electron chi connectivity index (χ1n) is 15.9. The molecule has 0 aromatic carbocycles. The molecule has 274 valence electrons. The molecule has 0 bridgehead atoms. The molecule has 13 nitrogen and oxygen atoms in total. The zero-order valence-corrected chi connectivity index (χ0v) is 31.6. The van der Waals surface area contributed by atoms with Crippen LogP contribution in [0.1, 0.15) is 49.1 Å². The molecule has 0 spiro atoms. The molecule has 4 aromatic heterocycles. The minimum Gasteiger partial charge on any atom is -0.543 e. The first-order chi connectivity index (χ1) is 25.6. The minimum absolute atomic E-state index is 0.297. The Hall–Kier alpha value is -5.48. The zero-order valence-electron chi connectivity index (χ0n) is 30.0. The summed E-state index contributed by atoms with van der Waals surface area (Å²) in [6, 6.07) is 10.6. The lowest BCUT2D eigenvalue weighted by Gasteiger charge is -2.41. The van der Waals surface area contributed by atoms with Crippen LogP contribution in [0.3, 0.4) is 0 Å². The maximum Gasteiger partial charge on any atom is 0.544 e. The fraction of sp³-hybridized carbons (Fsp3) is 0.139. The number of pyridine rings is 4. The Balaban J connectivity index is 0.000000250. The van der Waals surface area contributed by atoms with Gasteiger partial charge in [-0.05, 0) is 58.2 Å². The smallest absolute Gasteiger partial charge is 0.543 e. The van der Waals surface area contributed by atoms with Gasteiger partial charge in [0.1, 0.15) is 12.4 Å². The van der Waals surface area contributed by atoms with E-state index in [9.17, 15) is 14.4 Å². The van der Waals surface area contributed by atoms with E-state index < -0.39 is 20.9 Å². The molecule has 17 heteroatoms. The number of aryl methyl sites for hydroxylation is 1. The molecular weight excluding hydrogens is 745 g/mol. The van der Waals surface area contributed by atoms with Crippen molar-refractivity contribution >= 4 is 60.8 Å². The van der Waals surface area contributed by atoms with Gasteiger partial charge in [-0.3, -0.25) is 15.0 Å². The van der Waals surface area contributed by atoms with Crippen LogP contribution in [-0.4, -0.2) is 75.1 Å². The Kier molecular flexibility index (Phi) is 19.1. The molecular formula is C36H40B3BrN4O9. The van der Waals surface area contributed by atoms with E-state index in [2.05, 4.69) is 71.4 Å². The van der Waals surface area contributed by atoms with Gasteiger partial charge in [0.05, 0.1) is 42.5 Å². The van der Waals surface area contributed by atoms with Gasteiger partial charge in [0.2, 0.25) is 0 Å². The average Bonchev–Trinajstić information content (AvgIpc) is 3.23. The number of nitrogens with zero attached hydrogens (tertiary/aromatic N) is 4. The Bertz CT molecular complexity index is 1840. The summed E-state index contributed by atoms with van der Waals surface area (Å²) in [7, 11) is 2.94. The van der Waals surface area contributed by atoms with Gasteiger partial charge in [-0.25, -0.2) is 14.4 Å². The van der Waals surface area contributed by atoms with Crippen LogP contribution < -0.4 is 4.48 Å². The van der Waals surface area contributed by atoms with Crippen molar-refractivity contribution in [3.8, 4) is 0 Å². The van der Waals surface area contributed by atoms with Gasteiger partial charge in [-0.15, -0.1) is 25.7 Å². The van der Waals surface area contributed by atoms with Crippen molar-refractivity contribution in [1.82, 2.24) is 15.0 Å². The number of halogens is 1. The fourth-order valence-electron chi connectivity index (χ4n) is 4.39. The molecule has 5 rings (SSSR count). The molecule has 4 aromatic rings. The summed E-state index contributed by atoms with van der Waals surface area (Å²) >= 11 is 3.17. The summed E-state index contributed by atoms with van der Waals surface area (Å²) in [5.41, 5.74) is 3.19. The van der Waals surface area contributed by atoms with E-state index in [0.29, 0.717) is 26.7 Å². The van der Waals surface area contributed by atoms with Crippen LogP contribution in [0.15, 0.2) is 135 Å². The van der Waals surface area contributed by atoms with Crippen LogP contribution >= 0.6 is 15.9 Å². The van der Waals surface area contributed by atoms with Crippen molar-refractivity contribution in [1.29, 1.82) is 0 Å². The number of hydrogen-bond acceptors (Lipinski definition) is 12. The summed E-state index contributed by atoms with van der Waals surface area (Å²) in [5, 5.41) is 0. The molecule has 0 unspecified atom stereocenters. The first kappa shape index (κ1) is 43.7. The number of esters is 3. The van der Waals surface area contributed by atoms with Gasteiger partial charge in [-0.2, -0.15) is 0 Å². The molecule has 0 aliphatic carbocycles. The summed E-state index contributed by atoms with van der Waals surface area (Å²) in [5.74, 6) is 3.75. The predicted molar refractivity (Wildman–Crippen MR) is 207 cm³/mol. The van der Waals surface area contributed by atoms with Crippen molar-refractivity contribution in [2.24, 2.45) is 0 Å². The summed E-state index contributed by atoms with van der Waals surface area (Å²) < 4.78 is 33.2. The third-order valence-electron chi connectivity index (χ3n) is 7.11. The maximum absolute atomic E-state index is 11.1. The van der Waals surface area contributed by atoms with Gasteiger partial charge < -0.3 is 32.4 Å². The molecule has 5 heterocycles. The number of methoxy groups -OCH3 is 3. The van der Waals surface area contributed by atoms with E-state index in [-0.39, 0.29) is 17.9 Å². The standard InChI is InChI=1S/C11H14B3NO3.C9H11NO2.C9H9NO2.C7H6BrNO2/c1-4-12-16-13(5-2)18-14(6-3,17-12)15-10-8-7-9-11-15;2*1-3-7-6-10-5-4-8(7)9(11)12-2;1-11-7(10)5-2-3-9-4-6(5)8/h4-11H,1-3H2;4-6H,3H2,1-2H3;3-6H,1H2,2H3;2-4H,1H3. The monoisotopic (exact) mass is 784 g/mol. The summed E-state index contributed by atoms with van der Waals surface area (Å²) in [6.07, 6.45) is 15.5. The average molecular weight is 785 g/mol. The summed E-state index contributed by atoms with van der Waals surface area (Å²) in [4.78, 5) is 44.8. The zero-order chi connectivity index (χ0) is 39.2. The molecule has 0 N–H and O–H groups in total. The number of carbonyl (C=O) groups excluding carboxylic acids is 3. The molecule has 1 aliphatic heterocycles. The van der Waals surface area contributed by atoms with Crippen LogP contribution in [0.4, 0.5) is 0 Å². The molecule has 53 heavy (non-hydrogen) atoms. The normalized spacial score (nSPS) is 12.3. The third kappa shape index (κ3) is 12.9. The topological polar surface area (TPSA) is 149 Å². The van der Waals surface area contributed by atoms with E-state index in [1.54, 1.807) is 73.2 Å². The van der Waals surface area contributed by atoms with Crippen molar-refractivity contribution < 1.29 is 46.8 Å². The van der Waals surface area contributed by atoms with Crippen molar-refractivity contribution in [2.45, 2.75) is 13.3 Å². The Morgan fingerprint density at radius 1 is 0.774 bits per heavy atom. The van der Waals surface area contributed by atoms with E-state index in [1.165, 1.54) is 27.5 Å². The van der Waals surface area contributed by atoms with Crippen molar-refractivity contribution in [3.63, 3.8) is 0 Å². The second-order valence-corrected chi connectivity index (χ2v) is 11.1. The van der Waals surface area contributed by atoms with Crippen LogP contribution in [0.25, 0.3) is 6.08 Å². The number of aromatic nitrogens is 4. The van der Waals surface area contributed by atoms with Crippen molar-refractivity contribution in [2.75, 3.05) is 21.3 Å². The highest BCUT2D eigenvalue weighted by Crippen LogP contribution is 2.18. The number of ether oxygens (including phenoxy) is 3. The Morgan fingerprint density at radius 3 is 1.75 bits per heavy atom. The van der Waals surface area contributed by atoms with Gasteiger partial charge in [0.15, 0.2) is 0 Å². The highest BCUT2D eigenvalue weighted by Gasteiger charge is 2.47. The second kappa shape index (κ2) is 23.2. The molecule has 1 fully saturated rings. The predicted octanol–water partition coefficient (Wildman–Crippen LogP) is 5.55. The minimum atomic E-state index is -1.87. The number of carbonyl (C=O) groups is 3. The van der Waals surface area contributed by atoms with Gasteiger partial charge in [0, 0.05) is 42.7 Å². The fourth-order valence-corrected chi connectivity index (χ4v) is 4.81. The van der Waals surface area contributed by atoms with Crippen molar-refractivity contribution in [3.05, 3.63) is 163 Å². The molecule has 1 saturated heterocycles. The molecule has 1 aliphatic rings. The van der Waals surface area contributed by atoms with E-state index in [4.69, 9.17) is 13.7 Å². The molecule has 0 radical (unpaired) electrons. The van der Waals surface area contributed by atoms with Crippen LogP contribution in [-0.2, 0) is 34.3 Å². The Labute approximate surface area is 318 Å². The molecule has 0 saturated carbocycles. The van der Waals surface area contributed by atoms with Gasteiger partial charge in [-0.1, -0.05) is 37.6 Å².